The minimum Gasteiger partial charge on any atom is -0.452 e. The number of ether oxygens (including phenoxy) is 1. The Morgan fingerprint density at radius 2 is 1.65 bits per heavy atom. The Bertz CT molecular complexity index is 520. The van der Waals surface area contributed by atoms with Crippen LogP contribution in [-0.4, -0.2) is 24.4 Å². The summed E-state index contributed by atoms with van der Waals surface area (Å²) in [5.74, 6) is -1.17. The Hall–Kier alpha value is -2.63. The van der Waals surface area contributed by atoms with Crippen LogP contribution in [-0.2, 0) is 19.1 Å². The number of anilines is 2. The van der Waals surface area contributed by atoms with Crippen molar-refractivity contribution in [2.75, 3.05) is 17.2 Å². The lowest BCUT2D eigenvalue weighted by molar-refractivity contribution is -0.142. The van der Waals surface area contributed by atoms with Gasteiger partial charge in [-0.15, -0.1) is 0 Å². The van der Waals surface area contributed by atoms with Gasteiger partial charge in [-0.05, 0) is 31.2 Å². The van der Waals surface area contributed by atoms with Crippen molar-refractivity contribution in [2.24, 2.45) is 0 Å². The smallest absolute Gasteiger partial charge is 0.330 e. The maximum Gasteiger partial charge on any atom is 0.330 e. The summed E-state index contributed by atoms with van der Waals surface area (Å²) in [5.41, 5.74) is 1.18. The van der Waals surface area contributed by atoms with Gasteiger partial charge in [0.1, 0.15) is 0 Å². The first-order valence-corrected chi connectivity index (χ1v) is 5.98. The molecule has 1 rings (SSSR count). The van der Waals surface area contributed by atoms with Crippen LogP contribution in [0.5, 0.6) is 0 Å². The number of hydrogen-bond acceptors (Lipinski definition) is 4. The van der Waals surface area contributed by atoms with Crippen LogP contribution in [0.2, 0.25) is 0 Å². The maximum absolute atomic E-state index is 11.5. The summed E-state index contributed by atoms with van der Waals surface area (Å²) in [6, 6.07) is 6.58. The van der Waals surface area contributed by atoms with Crippen LogP contribution in [0.1, 0.15) is 13.8 Å². The van der Waals surface area contributed by atoms with Gasteiger partial charge in [-0.25, -0.2) is 4.79 Å². The van der Waals surface area contributed by atoms with Gasteiger partial charge < -0.3 is 15.4 Å². The molecule has 20 heavy (non-hydrogen) atoms. The maximum atomic E-state index is 11.5. The number of benzene rings is 1. The molecule has 0 saturated carbocycles. The van der Waals surface area contributed by atoms with Crippen LogP contribution in [0.15, 0.2) is 36.4 Å². The predicted octanol–water partition coefficient (Wildman–Crippen LogP) is 1.70. The van der Waals surface area contributed by atoms with Gasteiger partial charge in [-0.1, -0.05) is 6.08 Å². The topological polar surface area (TPSA) is 84.5 Å². The van der Waals surface area contributed by atoms with E-state index in [-0.39, 0.29) is 12.5 Å². The van der Waals surface area contributed by atoms with Gasteiger partial charge >= 0.3 is 5.97 Å². The highest BCUT2D eigenvalue weighted by atomic mass is 16.5. The molecule has 1 aromatic rings. The number of allylic oxidation sites excluding steroid dienone is 1. The predicted molar refractivity (Wildman–Crippen MR) is 75.1 cm³/mol. The SMILES string of the molecule is C/C=C/C(=O)OCC(=O)Nc1ccc(NC(C)=O)cc1. The number of hydrogen-bond donors (Lipinski definition) is 2. The van der Waals surface area contributed by atoms with Crippen LogP contribution in [0.4, 0.5) is 11.4 Å². The van der Waals surface area contributed by atoms with E-state index >= 15 is 0 Å². The Labute approximate surface area is 116 Å². The molecule has 0 fully saturated rings. The van der Waals surface area contributed by atoms with E-state index in [0.717, 1.165) is 0 Å². The van der Waals surface area contributed by atoms with Crippen LogP contribution in [0, 0.1) is 0 Å². The number of rotatable bonds is 5. The zero-order chi connectivity index (χ0) is 15.0. The summed E-state index contributed by atoms with van der Waals surface area (Å²) in [5, 5.41) is 5.18. The summed E-state index contributed by atoms with van der Waals surface area (Å²) in [7, 11) is 0. The average Bonchev–Trinajstić information content (AvgIpc) is 2.38. The average molecular weight is 276 g/mol. The first-order valence-electron chi connectivity index (χ1n) is 5.98. The molecular formula is C14H16N2O4. The third-order valence-electron chi connectivity index (χ3n) is 2.14. The molecule has 0 saturated heterocycles. The van der Waals surface area contributed by atoms with Gasteiger partial charge in [-0.2, -0.15) is 0 Å². The minimum absolute atomic E-state index is 0.169. The lowest BCUT2D eigenvalue weighted by Gasteiger charge is -2.07. The second-order valence-corrected chi connectivity index (χ2v) is 3.91. The zero-order valence-corrected chi connectivity index (χ0v) is 11.3. The molecule has 0 aliphatic rings. The molecule has 0 aromatic heterocycles. The first-order chi connectivity index (χ1) is 9.51. The van der Waals surface area contributed by atoms with E-state index in [4.69, 9.17) is 4.74 Å². The van der Waals surface area contributed by atoms with E-state index in [1.165, 1.54) is 19.1 Å². The van der Waals surface area contributed by atoms with Crippen LogP contribution >= 0.6 is 0 Å². The highest BCUT2D eigenvalue weighted by Crippen LogP contribution is 2.13. The van der Waals surface area contributed by atoms with Crippen molar-refractivity contribution in [1.82, 2.24) is 0 Å². The second-order valence-electron chi connectivity index (χ2n) is 3.91. The third-order valence-corrected chi connectivity index (χ3v) is 2.14. The van der Waals surface area contributed by atoms with E-state index in [0.29, 0.717) is 11.4 Å². The number of nitrogens with one attached hydrogen (secondary N) is 2. The Morgan fingerprint density at radius 3 is 2.15 bits per heavy atom. The summed E-state index contributed by atoms with van der Waals surface area (Å²) in [4.78, 5) is 33.4. The zero-order valence-electron chi connectivity index (χ0n) is 11.3. The van der Waals surface area contributed by atoms with E-state index in [9.17, 15) is 14.4 Å². The quantitative estimate of drug-likeness (QED) is 0.633. The molecule has 0 spiro atoms. The molecule has 2 N–H and O–H groups in total. The molecule has 0 aliphatic heterocycles. The molecule has 0 heterocycles. The third kappa shape index (κ3) is 5.81. The number of esters is 1. The molecule has 0 bridgehead atoms. The summed E-state index contributed by atoms with van der Waals surface area (Å²) in [6.45, 7) is 2.74. The molecule has 6 nitrogen and oxygen atoms in total. The summed E-state index contributed by atoms with van der Waals surface area (Å²) < 4.78 is 4.70. The first kappa shape index (κ1) is 15.4. The van der Waals surface area contributed by atoms with E-state index in [2.05, 4.69) is 10.6 Å². The Kier molecular flexibility index (Phi) is 5.96. The molecule has 0 radical (unpaired) electrons. The lowest BCUT2D eigenvalue weighted by atomic mass is 10.2. The fourth-order valence-electron chi connectivity index (χ4n) is 1.36. The molecular weight excluding hydrogens is 260 g/mol. The van der Waals surface area contributed by atoms with Gasteiger partial charge in [0.25, 0.3) is 5.91 Å². The van der Waals surface area contributed by atoms with Crippen molar-refractivity contribution in [3.8, 4) is 0 Å². The van der Waals surface area contributed by atoms with Crippen LogP contribution in [0.25, 0.3) is 0 Å². The van der Waals surface area contributed by atoms with Crippen molar-refractivity contribution in [3.05, 3.63) is 36.4 Å². The molecule has 0 atom stereocenters. The van der Waals surface area contributed by atoms with Crippen LogP contribution in [0.3, 0.4) is 0 Å². The van der Waals surface area contributed by atoms with E-state index in [1.54, 1.807) is 31.2 Å². The fourth-order valence-corrected chi connectivity index (χ4v) is 1.36. The lowest BCUT2D eigenvalue weighted by Crippen LogP contribution is -2.20. The minimum atomic E-state index is -0.566. The largest absolute Gasteiger partial charge is 0.452 e. The Balaban J connectivity index is 2.46. The number of carbonyl (C=O) groups excluding carboxylic acids is 3. The molecule has 106 valence electrons. The standard InChI is InChI=1S/C14H16N2O4/c1-3-4-14(19)20-9-13(18)16-12-7-5-11(6-8-12)15-10(2)17/h3-8H,9H2,1-2H3,(H,15,17)(H,16,18)/b4-3+. The van der Waals surface area contributed by atoms with Gasteiger partial charge in [0.15, 0.2) is 6.61 Å². The summed E-state index contributed by atoms with van der Waals surface area (Å²) in [6.07, 6.45) is 2.76. The monoisotopic (exact) mass is 276 g/mol. The van der Waals surface area contributed by atoms with Crippen molar-refractivity contribution >= 4 is 29.2 Å². The van der Waals surface area contributed by atoms with Gasteiger partial charge in [0.2, 0.25) is 5.91 Å². The van der Waals surface area contributed by atoms with Gasteiger partial charge in [0, 0.05) is 24.4 Å². The van der Waals surface area contributed by atoms with Crippen molar-refractivity contribution < 1.29 is 19.1 Å². The molecule has 0 aliphatic carbocycles. The highest BCUT2D eigenvalue weighted by molar-refractivity contribution is 5.94. The van der Waals surface area contributed by atoms with Crippen molar-refractivity contribution in [3.63, 3.8) is 0 Å². The molecule has 6 heteroatoms. The van der Waals surface area contributed by atoms with E-state index < -0.39 is 11.9 Å². The number of carbonyl (C=O) groups is 3. The fraction of sp³-hybridized carbons (Fsp3) is 0.214. The van der Waals surface area contributed by atoms with Gasteiger partial charge in [0.05, 0.1) is 0 Å². The number of amides is 2. The van der Waals surface area contributed by atoms with Crippen molar-refractivity contribution in [1.29, 1.82) is 0 Å². The molecule has 0 unspecified atom stereocenters. The normalized spacial score (nSPS) is 10.1. The van der Waals surface area contributed by atoms with Crippen LogP contribution < -0.4 is 10.6 Å². The highest BCUT2D eigenvalue weighted by Gasteiger charge is 2.05. The van der Waals surface area contributed by atoms with Gasteiger partial charge in [-0.3, -0.25) is 9.59 Å². The summed E-state index contributed by atoms with van der Waals surface area (Å²) >= 11 is 0. The second kappa shape index (κ2) is 7.73. The van der Waals surface area contributed by atoms with E-state index in [1.807, 2.05) is 0 Å². The van der Waals surface area contributed by atoms with Crippen molar-refractivity contribution in [2.45, 2.75) is 13.8 Å². The Morgan fingerprint density at radius 1 is 1.10 bits per heavy atom. The molecule has 1 aromatic carbocycles. The molecule has 2 amide bonds.